The minimum absolute atomic E-state index is 0.740. The summed E-state index contributed by atoms with van der Waals surface area (Å²) in [4.78, 5) is 0. The van der Waals surface area contributed by atoms with Gasteiger partial charge in [0.15, 0.2) is 0 Å². The lowest BCUT2D eigenvalue weighted by Gasteiger charge is -2.08. The Morgan fingerprint density at radius 1 is 1.26 bits per heavy atom. The Labute approximate surface area is 116 Å². The SMILES string of the molecule is Cc1ccc(CNc2cccc3[nH]ncc23)cc1Cl. The third-order valence-electron chi connectivity index (χ3n) is 3.20. The summed E-state index contributed by atoms with van der Waals surface area (Å²) >= 11 is 6.13. The van der Waals surface area contributed by atoms with Crippen LogP contribution in [-0.4, -0.2) is 10.2 Å². The van der Waals surface area contributed by atoms with Crippen molar-refractivity contribution in [2.45, 2.75) is 13.5 Å². The second-order valence-electron chi connectivity index (χ2n) is 4.57. The molecule has 19 heavy (non-hydrogen) atoms. The average Bonchev–Trinajstić information content (AvgIpc) is 2.89. The molecule has 0 saturated carbocycles. The van der Waals surface area contributed by atoms with Crippen LogP contribution in [0, 0.1) is 6.92 Å². The highest BCUT2D eigenvalue weighted by molar-refractivity contribution is 6.31. The highest BCUT2D eigenvalue weighted by atomic mass is 35.5. The van der Waals surface area contributed by atoms with E-state index in [0.717, 1.165) is 39.3 Å². The first-order chi connectivity index (χ1) is 9.24. The third kappa shape index (κ3) is 2.42. The van der Waals surface area contributed by atoms with Crippen LogP contribution in [0.2, 0.25) is 5.02 Å². The number of fused-ring (bicyclic) bond motifs is 1. The van der Waals surface area contributed by atoms with Gasteiger partial charge in [0.1, 0.15) is 0 Å². The van der Waals surface area contributed by atoms with E-state index in [2.05, 4.69) is 21.6 Å². The molecule has 4 heteroatoms. The lowest BCUT2D eigenvalue weighted by atomic mass is 10.1. The maximum atomic E-state index is 6.13. The maximum absolute atomic E-state index is 6.13. The second-order valence-corrected chi connectivity index (χ2v) is 4.98. The van der Waals surface area contributed by atoms with Crippen molar-refractivity contribution in [1.29, 1.82) is 0 Å². The van der Waals surface area contributed by atoms with Gasteiger partial charge in [0.05, 0.1) is 11.7 Å². The van der Waals surface area contributed by atoms with Crippen LogP contribution in [0.3, 0.4) is 0 Å². The molecule has 2 N–H and O–H groups in total. The number of rotatable bonds is 3. The third-order valence-corrected chi connectivity index (χ3v) is 3.61. The van der Waals surface area contributed by atoms with E-state index in [1.165, 1.54) is 0 Å². The van der Waals surface area contributed by atoms with Crippen LogP contribution in [0.1, 0.15) is 11.1 Å². The summed E-state index contributed by atoms with van der Waals surface area (Å²) in [5.74, 6) is 0. The Hall–Kier alpha value is -2.00. The van der Waals surface area contributed by atoms with Crippen molar-refractivity contribution in [2.75, 3.05) is 5.32 Å². The van der Waals surface area contributed by atoms with Gasteiger partial charge in [-0.3, -0.25) is 5.10 Å². The van der Waals surface area contributed by atoms with E-state index < -0.39 is 0 Å². The van der Waals surface area contributed by atoms with Gasteiger partial charge in [0, 0.05) is 22.6 Å². The van der Waals surface area contributed by atoms with Gasteiger partial charge >= 0.3 is 0 Å². The molecule has 0 aliphatic rings. The predicted molar refractivity (Wildman–Crippen MR) is 79.6 cm³/mol. The minimum atomic E-state index is 0.740. The number of aromatic amines is 1. The van der Waals surface area contributed by atoms with Gasteiger partial charge in [0.25, 0.3) is 0 Å². The fourth-order valence-corrected chi connectivity index (χ4v) is 2.27. The van der Waals surface area contributed by atoms with Crippen LogP contribution in [-0.2, 0) is 6.54 Å². The van der Waals surface area contributed by atoms with Gasteiger partial charge in [-0.25, -0.2) is 0 Å². The molecule has 0 unspecified atom stereocenters. The Kier molecular flexibility index (Phi) is 3.13. The Balaban J connectivity index is 1.82. The zero-order valence-electron chi connectivity index (χ0n) is 10.6. The van der Waals surface area contributed by atoms with E-state index in [0.29, 0.717) is 0 Å². The quantitative estimate of drug-likeness (QED) is 0.752. The van der Waals surface area contributed by atoms with Crippen LogP contribution >= 0.6 is 11.6 Å². The van der Waals surface area contributed by atoms with E-state index in [4.69, 9.17) is 11.6 Å². The average molecular weight is 272 g/mol. The summed E-state index contributed by atoms with van der Waals surface area (Å²) in [6.45, 7) is 2.75. The Morgan fingerprint density at radius 2 is 2.16 bits per heavy atom. The standard InChI is InChI=1S/C15H14ClN3/c1-10-5-6-11(7-13(10)16)8-17-14-3-2-4-15-12(14)9-18-19-15/h2-7,9,17H,8H2,1H3,(H,18,19). The molecule has 0 spiro atoms. The van der Waals surface area contributed by atoms with Crippen molar-refractivity contribution >= 4 is 28.2 Å². The Bertz CT molecular complexity index is 718. The molecule has 3 nitrogen and oxygen atoms in total. The molecule has 1 heterocycles. The molecule has 0 radical (unpaired) electrons. The first kappa shape index (κ1) is 12.1. The molecule has 1 aromatic heterocycles. The molecule has 0 amide bonds. The monoisotopic (exact) mass is 271 g/mol. The number of aromatic nitrogens is 2. The number of halogens is 1. The van der Waals surface area contributed by atoms with E-state index in [1.807, 2.05) is 43.5 Å². The molecule has 0 bridgehead atoms. The molecule has 2 aromatic carbocycles. The fraction of sp³-hybridized carbons (Fsp3) is 0.133. The highest BCUT2D eigenvalue weighted by Crippen LogP contribution is 2.22. The number of hydrogen-bond donors (Lipinski definition) is 2. The van der Waals surface area contributed by atoms with Crippen LogP contribution < -0.4 is 5.32 Å². The molecule has 3 aromatic rings. The van der Waals surface area contributed by atoms with Gasteiger partial charge in [-0.2, -0.15) is 5.10 Å². The molecular weight excluding hydrogens is 258 g/mol. The predicted octanol–water partition coefficient (Wildman–Crippen LogP) is 4.14. The Morgan fingerprint density at radius 3 is 3.00 bits per heavy atom. The number of hydrogen-bond acceptors (Lipinski definition) is 2. The van der Waals surface area contributed by atoms with Crippen molar-refractivity contribution in [1.82, 2.24) is 10.2 Å². The summed E-state index contributed by atoms with van der Waals surface area (Å²) in [7, 11) is 0. The normalized spacial score (nSPS) is 10.8. The zero-order valence-corrected chi connectivity index (χ0v) is 11.3. The lowest BCUT2D eigenvalue weighted by molar-refractivity contribution is 1.12. The summed E-state index contributed by atoms with van der Waals surface area (Å²) in [6.07, 6.45) is 1.83. The van der Waals surface area contributed by atoms with Crippen LogP contribution in [0.4, 0.5) is 5.69 Å². The number of nitrogens with one attached hydrogen (secondary N) is 2. The summed E-state index contributed by atoms with van der Waals surface area (Å²) in [5.41, 5.74) is 4.37. The van der Waals surface area contributed by atoms with Gasteiger partial charge in [-0.15, -0.1) is 0 Å². The summed E-state index contributed by atoms with van der Waals surface area (Å²) in [5, 5.41) is 12.3. The smallest absolute Gasteiger partial charge is 0.0671 e. The first-order valence-corrected chi connectivity index (χ1v) is 6.53. The van der Waals surface area contributed by atoms with Crippen molar-refractivity contribution < 1.29 is 0 Å². The van der Waals surface area contributed by atoms with Gasteiger partial charge < -0.3 is 5.32 Å². The van der Waals surface area contributed by atoms with Gasteiger partial charge in [0.2, 0.25) is 0 Å². The van der Waals surface area contributed by atoms with Crippen LogP contribution in [0.25, 0.3) is 10.9 Å². The summed E-state index contributed by atoms with van der Waals surface area (Å²) < 4.78 is 0. The molecule has 96 valence electrons. The lowest BCUT2D eigenvalue weighted by Crippen LogP contribution is -1.99. The van der Waals surface area contributed by atoms with Crippen molar-refractivity contribution in [3.05, 3.63) is 58.7 Å². The molecule has 0 fully saturated rings. The number of benzene rings is 2. The maximum Gasteiger partial charge on any atom is 0.0671 e. The van der Waals surface area contributed by atoms with Gasteiger partial charge in [-0.05, 0) is 36.2 Å². The summed E-state index contributed by atoms with van der Waals surface area (Å²) in [6, 6.07) is 12.2. The minimum Gasteiger partial charge on any atom is -0.380 e. The highest BCUT2D eigenvalue weighted by Gasteiger charge is 2.03. The molecule has 0 saturated heterocycles. The number of aryl methyl sites for hydroxylation is 1. The van der Waals surface area contributed by atoms with Crippen molar-refractivity contribution in [2.24, 2.45) is 0 Å². The molecule has 0 aliphatic carbocycles. The largest absolute Gasteiger partial charge is 0.380 e. The second kappa shape index (κ2) is 4.94. The van der Waals surface area contributed by atoms with Crippen LogP contribution in [0.15, 0.2) is 42.6 Å². The van der Waals surface area contributed by atoms with E-state index >= 15 is 0 Å². The topological polar surface area (TPSA) is 40.7 Å². The number of anilines is 1. The van der Waals surface area contributed by atoms with Crippen molar-refractivity contribution in [3.8, 4) is 0 Å². The van der Waals surface area contributed by atoms with Gasteiger partial charge in [-0.1, -0.05) is 29.8 Å². The molecule has 0 aliphatic heterocycles. The van der Waals surface area contributed by atoms with E-state index in [-0.39, 0.29) is 0 Å². The number of nitrogens with zero attached hydrogens (tertiary/aromatic N) is 1. The first-order valence-electron chi connectivity index (χ1n) is 6.15. The molecule has 3 rings (SSSR count). The van der Waals surface area contributed by atoms with Crippen molar-refractivity contribution in [3.63, 3.8) is 0 Å². The van der Waals surface area contributed by atoms with E-state index in [9.17, 15) is 0 Å². The molecule has 0 atom stereocenters. The number of H-pyrrole nitrogens is 1. The fourth-order valence-electron chi connectivity index (χ4n) is 2.07. The van der Waals surface area contributed by atoms with Crippen LogP contribution in [0.5, 0.6) is 0 Å². The zero-order chi connectivity index (χ0) is 13.2. The molecular formula is C15H14ClN3. The van der Waals surface area contributed by atoms with E-state index in [1.54, 1.807) is 0 Å².